The van der Waals surface area contributed by atoms with Gasteiger partial charge in [0.15, 0.2) is 5.95 Å². The number of carbonyl (C=O) groups is 1. The van der Waals surface area contributed by atoms with Gasteiger partial charge in [-0.15, -0.1) is 0 Å². The molecular weight excluding hydrogens is 170 g/mol. The Morgan fingerprint density at radius 2 is 2.54 bits per heavy atom. The van der Waals surface area contributed by atoms with E-state index in [0.717, 1.165) is 12.1 Å². The Kier molecular flexibility index (Phi) is 1.72. The van der Waals surface area contributed by atoms with Crippen LogP contribution in [0.4, 0.5) is 5.95 Å². The molecule has 70 valence electrons. The van der Waals surface area contributed by atoms with E-state index in [1.807, 2.05) is 0 Å². The third kappa shape index (κ3) is 1.26. The van der Waals surface area contributed by atoms with Crippen molar-refractivity contribution in [3.05, 3.63) is 11.9 Å². The number of carboxylic acid groups (broad SMARTS) is 1. The summed E-state index contributed by atoms with van der Waals surface area (Å²) in [6.07, 6.45) is 3.15. The highest BCUT2D eigenvalue weighted by atomic mass is 16.4. The number of rotatable bonds is 1. The van der Waals surface area contributed by atoms with Crippen molar-refractivity contribution in [1.29, 1.82) is 0 Å². The summed E-state index contributed by atoms with van der Waals surface area (Å²) in [5.41, 5.74) is 6.62. The van der Waals surface area contributed by atoms with Crippen LogP contribution in [0.15, 0.2) is 6.20 Å². The fourth-order valence-electron chi connectivity index (χ4n) is 1.67. The zero-order valence-corrected chi connectivity index (χ0v) is 7.10. The predicted octanol–water partition coefficient (Wildman–Crippen LogP) is 0.112. The van der Waals surface area contributed by atoms with Crippen LogP contribution in [0, 0.1) is 5.92 Å². The summed E-state index contributed by atoms with van der Waals surface area (Å²) < 4.78 is 1.78. The van der Waals surface area contributed by atoms with E-state index in [2.05, 4.69) is 4.98 Å². The van der Waals surface area contributed by atoms with Crippen molar-refractivity contribution in [3.63, 3.8) is 0 Å². The number of hydrogen-bond acceptors (Lipinski definition) is 3. The van der Waals surface area contributed by atoms with Crippen LogP contribution < -0.4 is 5.73 Å². The number of carboxylic acids is 1. The average molecular weight is 181 g/mol. The van der Waals surface area contributed by atoms with Crippen molar-refractivity contribution in [2.75, 3.05) is 5.73 Å². The first kappa shape index (κ1) is 8.10. The lowest BCUT2D eigenvalue weighted by atomic mass is 9.98. The lowest BCUT2D eigenvalue weighted by Gasteiger charge is -2.21. The molecule has 1 unspecified atom stereocenters. The molecule has 5 heteroatoms. The molecule has 0 fully saturated rings. The van der Waals surface area contributed by atoms with E-state index >= 15 is 0 Å². The van der Waals surface area contributed by atoms with Crippen LogP contribution in [-0.2, 0) is 17.8 Å². The van der Waals surface area contributed by atoms with Gasteiger partial charge < -0.3 is 15.4 Å². The Labute approximate surface area is 75.2 Å². The number of nitrogen functional groups attached to an aromatic ring is 1. The molecule has 1 aliphatic heterocycles. The smallest absolute Gasteiger partial charge is 0.308 e. The zero-order valence-electron chi connectivity index (χ0n) is 7.10. The largest absolute Gasteiger partial charge is 0.481 e. The minimum atomic E-state index is -0.751. The molecule has 0 aromatic carbocycles. The lowest BCUT2D eigenvalue weighted by molar-refractivity contribution is -0.142. The van der Waals surface area contributed by atoms with Gasteiger partial charge in [-0.1, -0.05) is 0 Å². The van der Waals surface area contributed by atoms with Crippen LogP contribution in [0.5, 0.6) is 0 Å². The number of nitrogens with two attached hydrogens (primary N) is 1. The maximum atomic E-state index is 10.7. The highest BCUT2D eigenvalue weighted by Gasteiger charge is 2.25. The number of imidazole rings is 1. The number of hydrogen-bond donors (Lipinski definition) is 2. The zero-order chi connectivity index (χ0) is 9.42. The highest BCUT2D eigenvalue weighted by molar-refractivity contribution is 5.70. The van der Waals surface area contributed by atoms with Crippen LogP contribution in [-0.4, -0.2) is 20.6 Å². The Balaban J connectivity index is 2.27. The molecule has 1 aliphatic rings. The minimum Gasteiger partial charge on any atom is -0.481 e. The van der Waals surface area contributed by atoms with Crippen LogP contribution in [0.2, 0.25) is 0 Å². The number of anilines is 1. The van der Waals surface area contributed by atoms with E-state index in [-0.39, 0.29) is 5.92 Å². The van der Waals surface area contributed by atoms with Crippen molar-refractivity contribution in [2.24, 2.45) is 5.92 Å². The van der Waals surface area contributed by atoms with Gasteiger partial charge in [0.05, 0.1) is 12.1 Å². The third-order valence-electron chi connectivity index (χ3n) is 2.47. The SMILES string of the molecule is Nc1ncc2n1CC(C(=O)O)CC2. The fraction of sp³-hybridized carbons (Fsp3) is 0.500. The normalized spacial score (nSPS) is 21.1. The molecule has 0 radical (unpaired) electrons. The van der Waals surface area contributed by atoms with E-state index in [1.54, 1.807) is 10.8 Å². The number of aryl methyl sites for hydroxylation is 1. The summed E-state index contributed by atoms with van der Waals surface area (Å²) in [7, 11) is 0. The number of fused-ring (bicyclic) bond motifs is 1. The molecule has 0 amide bonds. The molecule has 0 saturated carbocycles. The molecule has 2 rings (SSSR count). The van der Waals surface area contributed by atoms with Crippen LogP contribution >= 0.6 is 0 Å². The maximum absolute atomic E-state index is 10.7. The molecule has 3 N–H and O–H groups in total. The minimum absolute atomic E-state index is 0.316. The molecular formula is C8H11N3O2. The van der Waals surface area contributed by atoms with Crippen LogP contribution in [0.3, 0.4) is 0 Å². The van der Waals surface area contributed by atoms with Crippen molar-refractivity contribution >= 4 is 11.9 Å². The Hall–Kier alpha value is -1.52. The Morgan fingerprint density at radius 3 is 3.23 bits per heavy atom. The first-order valence-electron chi connectivity index (χ1n) is 4.21. The topological polar surface area (TPSA) is 81.1 Å². The van der Waals surface area contributed by atoms with Crippen molar-refractivity contribution in [3.8, 4) is 0 Å². The van der Waals surface area contributed by atoms with Gasteiger partial charge in [-0.25, -0.2) is 4.98 Å². The Morgan fingerprint density at radius 1 is 1.77 bits per heavy atom. The molecule has 13 heavy (non-hydrogen) atoms. The molecule has 0 spiro atoms. The monoisotopic (exact) mass is 181 g/mol. The van der Waals surface area contributed by atoms with Crippen molar-refractivity contribution in [2.45, 2.75) is 19.4 Å². The molecule has 5 nitrogen and oxygen atoms in total. The third-order valence-corrected chi connectivity index (χ3v) is 2.47. The van der Waals surface area contributed by atoms with Gasteiger partial charge in [0, 0.05) is 12.2 Å². The first-order chi connectivity index (χ1) is 6.18. The van der Waals surface area contributed by atoms with Gasteiger partial charge in [0.2, 0.25) is 0 Å². The second kappa shape index (κ2) is 2.76. The number of aromatic nitrogens is 2. The standard InChI is InChI=1S/C8H11N3O2/c9-8-10-3-6-2-1-5(7(12)13)4-11(6)8/h3,5H,1-2,4H2,(H2,9,10)(H,12,13). The molecule has 0 aliphatic carbocycles. The highest BCUT2D eigenvalue weighted by Crippen LogP contribution is 2.22. The predicted molar refractivity (Wildman–Crippen MR) is 46.1 cm³/mol. The summed E-state index contributed by atoms with van der Waals surface area (Å²) in [6, 6.07) is 0. The van der Waals surface area contributed by atoms with Crippen LogP contribution in [0.1, 0.15) is 12.1 Å². The van der Waals surface area contributed by atoms with Gasteiger partial charge in [-0.2, -0.15) is 0 Å². The summed E-state index contributed by atoms with van der Waals surface area (Å²) in [5, 5.41) is 8.82. The van der Waals surface area contributed by atoms with Crippen LogP contribution in [0.25, 0.3) is 0 Å². The van der Waals surface area contributed by atoms with Crippen molar-refractivity contribution < 1.29 is 9.90 Å². The second-order valence-corrected chi connectivity index (χ2v) is 3.29. The molecule has 0 saturated heterocycles. The van der Waals surface area contributed by atoms with Crippen molar-refractivity contribution in [1.82, 2.24) is 9.55 Å². The van der Waals surface area contributed by atoms with E-state index in [1.165, 1.54) is 0 Å². The van der Waals surface area contributed by atoms with E-state index < -0.39 is 5.97 Å². The lowest BCUT2D eigenvalue weighted by Crippen LogP contribution is -2.26. The average Bonchev–Trinajstić information content (AvgIpc) is 2.47. The fourth-order valence-corrected chi connectivity index (χ4v) is 1.67. The molecule has 1 aromatic rings. The molecule has 2 heterocycles. The van der Waals surface area contributed by atoms with Gasteiger partial charge in [0.25, 0.3) is 0 Å². The van der Waals surface area contributed by atoms with Gasteiger partial charge >= 0.3 is 5.97 Å². The van der Waals surface area contributed by atoms with E-state index in [0.29, 0.717) is 18.9 Å². The summed E-state index contributed by atoms with van der Waals surface area (Å²) in [5.74, 6) is -0.649. The maximum Gasteiger partial charge on any atom is 0.308 e. The summed E-state index contributed by atoms with van der Waals surface area (Å²) in [4.78, 5) is 14.7. The first-order valence-corrected chi connectivity index (χ1v) is 4.21. The number of nitrogens with zero attached hydrogens (tertiary/aromatic N) is 2. The second-order valence-electron chi connectivity index (χ2n) is 3.29. The van der Waals surface area contributed by atoms with Gasteiger partial charge in [-0.3, -0.25) is 4.79 Å². The molecule has 0 bridgehead atoms. The Bertz CT molecular complexity index is 345. The van der Waals surface area contributed by atoms with Gasteiger partial charge in [-0.05, 0) is 12.8 Å². The molecule has 1 atom stereocenters. The summed E-state index contributed by atoms with van der Waals surface area (Å²) in [6.45, 7) is 0.455. The van der Waals surface area contributed by atoms with Gasteiger partial charge in [0.1, 0.15) is 0 Å². The quantitative estimate of drug-likeness (QED) is 0.644. The summed E-state index contributed by atoms with van der Waals surface area (Å²) >= 11 is 0. The van der Waals surface area contributed by atoms with E-state index in [9.17, 15) is 4.79 Å². The molecule has 1 aromatic heterocycles. The van der Waals surface area contributed by atoms with E-state index in [4.69, 9.17) is 10.8 Å². The number of aliphatic carboxylic acids is 1.